The van der Waals surface area contributed by atoms with E-state index in [2.05, 4.69) is 42.7 Å². The summed E-state index contributed by atoms with van der Waals surface area (Å²) in [6.07, 6.45) is 4.70. The van der Waals surface area contributed by atoms with E-state index in [0.717, 1.165) is 12.8 Å². The maximum atomic E-state index is 11.9. The van der Waals surface area contributed by atoms with Crippen LogP contribution in [0.25, 0.3) is 0 Å². The molecule has 0 aromatic heterocycles. The Morgan fingerprint density at radius 3 is 2.32 bits per heavy atom. The number of hydrogen-bond acceptors (Lipinski definition) is 1. The lowest BCUT2D eigenvalue weighted by atomic mass is 10.0. The third-order valence-electron chi connectivity index (χ3n) is 3.78. The van der Waals surface area contributed by atoms with Crippen molar-refractivity contribution in [1.82, 2.24) is 10.6 Å². The van der Waals surface area contributed by atoms with Crippen molar-refractivity contribution in [3.63, 3.8) is 0 Å². The van der Waals surface area contributed by atoms with Gasteiger partial charge in [-0.05, 0) is 39.2 Å². The van der Waals surface area contributed by atoms with Crippen LogP contribution in [0.15, 0.2) is 18.2 Å². The molecule has 1 aromatic carbocycles. The second-order valence-electron chi connectivity index (χ2n) is 5.74. The van der Waals surface area contributed by atoms with Gasteiger partial charge >= 0.3 is 6.03 Å². The predicted molar refractivity (Wildman–Crippen MR) is 78.3 cm³/mol. The average molecular weight is 260 g/mol. The van der Waals surface area contributed by atoms with Crippen LogP contribution in [0.2, 0.25) is 0 Å². The molecule has 0 bridgehead atoms. The van der Waals surface area contributed by atoms with Crippen LogP contribution in [-0.2, 0) is 0 Å². The molecule has 1 unspecified atom stereocenters. The number of amides is 2. The monoisotopic (exact) mass is 260 g/mol. The van der Waals surface area contributed by atoms with E-state index < -0.39 is 0 Å². The van der Waals surface area contributed by atoms with E-state index >= 15 is 0 Å². The quantitative estimate of drug-likeness (QED) is 0.856. The van der Waals surface area contributed by atoms with Gasteiger partial charge in [0.2, 0.25) is 0 Å². The lowest BCUT2D eigenvalue weighted by Crippen LogP contribution is -2.41. The molecule has 2 amide bonds. The molecule has 0 aliphatic heterocycles. The molecule has 3 heteroatoms. The fourth-order valence-corrected chi connectivity index (χ4v) is 2.84. The van der Waals surface area contributed by atoms with E-state index in [1.165, 1.54) is 29.5 Å². The van der Waals surface area contributed by atoms with Gasteiger partial charge in [-0.25, -0.2) is 4.79 Å². The number of aryl methyl sites for hydroxylation is 2. The number of hydrogen-bond donors (Lipinski definition) is 2. The van der Waals surface area contributed by atoms with Crippen LogP contribution in [-0.4, -0.2) is 12.1 Å². The van der Waals surface area contributed by atoms with Gasteiger partial charge in [0, 0.05) is 6.04 Å². The fourth-order valence-electron chi connectivity index (χ4n) is 2.84. The van der Waals surface area contributed by atoms with Gasteiger partial charge in [0.25, 0.3) is 0 Å². The third kappa shape index (κ3) is 3.98. The molecule has 0 radical (unpaired) electrons. The van der Waals surface area contributed by atoms with Crippen LogP contribution in [0, 0.1) is 13.8 Å². The van der Waals surface area contributed by atoms with Crippen molar-refractivity contribution in [2.45, 2.75) is 58.5 Å². The lowest BCUT2D eigenvalue weighted by Gasteiger charge is -2.18. The van der Waals surface area contributed by atoms with E-state index in [1.54, 1.807) is 0 Å². The molecule has 1 fully saturated rings. The highest BCUT2D eigenvalue weighted by atomic mass is 16.2. The van der Waals surface area contributed by atoms with E-state index in [0.29, 0.717) is 6.04 Å². The van der Waals surface area contributed by atoms with Crippen LogP contribution in [0.1, 0.15) is 55.3 Å². The number of benzene rings is 1. The molecule has 2 N–H and O–H groups in total. The zero-order chi connectivity index (χ0) is 13.8. The van der Waals surface area contributed by atoms with Gasteiger partial charge in [-0.1, -0.05) is 42.2 Å². The van der Waals surface area contributed by atoms with Gasteiger partial charge in [0.05, 0.1) is 6.04 Å². The first-order valence-corrected chi connectivity index (χ1v) is 7.20. The van der Waals surface area contributed by atoms with Crippen molar-refractivity contribution in [1.29, 1.82) is 0 Å². The smallest absolute Gasteiger partial charge is 0.315 e. The zero-order valence-corrected chi connectivity index (χ0v) is 12.1. The maximum Gasteiger partial charge on any atom is 0.315 e. The summed E-state index contributed by atoms with van der Waals surface area (Å²) in [5, 5.41) is 6.09. The molecule has 3 nitrogen and oxygen atoms in total. The molecular formula is C16H24N2O. The summed E-state index contributed by atoms with van der Waals surface area (Å²) >= 11 is 0. The Balaban J connectivity index is 1.92. The van der Waals surface area contributed by atoms with Crippen molar-refractivity contribution in [2.24, 2.45) is 0 Å². The van der Waals surface area contributed by atoms with Gasteiger partial charge in [-0.15, -0.1) is 0 Å². The summed E-state index contributed by atoms with van der Waals surface area (Å²) in [6.45, 7) is 6.20. The number of urea groups is 1. The Kier molecular flexibility index (Phi) is 4.46. The Hall–Kier alpha value is -1.51. The predicted octanol–water partition coefficient (Wildman–Crippen LogP) is 3.61. The molecule has 1 saturated carbocycles. The van der Waals surface area contributed by atoms with E-state index in [-0.39, 0.29) is 12.1 Å². The van der Waals surface area contributed by atoms with Gasteiger partial charge in [0.1, 0.15) is 0 Å². The molecule has 1 atom stereocenters. The second-order valence-corrected chi connectivity index (χ2v) is 5.74. The highest BCUT2D eigenvalue weighted by Gasteiger charge is 2.18. The summed E-state index contributed by atoms with van der Waals surface area (Å²) < 4.78 is 0. The summed E-state index contributed by atoms with van der Waals surface area (Å²) in [6, 6.07) is 6.78. The summed E-state index contributed by atoms with van der Waals surface area (Å²) in [5.41, 5.74) is 3.64. The van der Waals surface area contributed by atoms with Crippen molar-refractivity contribution in [2.75, 3.05) is 0 Å². The maximum absolute atomic E-state index is 11.9. The minimum absolute atomic E-state index is 0.0417. The molecule has 0 heterocycles. The van der Waals surface area contributed by atoms with Gasteiger partial charge in [-0.3, -0.25) is 0 Å². The number of carbonyl (C=O) groups excluding carboxylic acids is 1. The van der Waals surface area contributed by atoms with Crippen LogP contribution in [0.5, 0.6) is 0 Å². The largest absolute Gasteiger partial charge is 0.335 e. The fraction of sp³-hybridized carbons (Fsp3) is 0.562. The lowest BCUT2D eigenvalue weighted by molar-refractivity contribution is 0.234. The van der Waals surface area contributed by atoms with Crippen molar-refractivity contribution >= 4 is 6.03 Å². The van der Waals surface area contributed by atoms with Crippen LogP contribution in [0.4, 0.5) is 4.79 Å². The van der Waals surface area contributed by atoms with E-state index in [1.807, 2.05) is 6.92 Å². The molecule has 1 aromatic rings. The number of nitrogens with one attached hydrogen (secondary N) is 2. The summed E-state index contributed by atoms with van der Waals surface area (Å²) in [7, 11) is 0. The zero-order valence-electron chi connectivity index (χ0n) is 12.1. The highest BCUT2D eigenvalue weighted by molar-refractivity contribution is 5.74. The first-order valence-electron chi connectivity index (χ1n) is 7.20. The molecule has 19 heavy (non-hydrogen) atoms. The molecule has 1 aliphatic rings. The Morgan fingerprint density at radius 1 is 1.16 bits per heavy atom. The third-order valence-corrected chi connectivity index (χ3v) is 3.78. The molecule has 0 saturated heterocycles. The van der Waals surface area contributed by atoms with Gasteiger partial charge in [-0.2, -0.15) is 0 Å². The minimum Gasteiger partial charge on any atom is -0.335 e. The Bertz CT molecular complexity index is 430. The first kappa shape index (κ1) is 13.9. The van der Waals surface area contributed by atoms with Crippen molar-refractivity contribution in [3.8, 4) is 0 Å². The van der Waals surface area contributed by atoms with Crippen LogP contribution >= 0.6 is 0 Å². The highest BCUT2D eigenvalue weighted by Crippen LogP contribution is 2.19. The first-order chi connectivity index (χ1) is 9.04. The molecule has 1 aliphatic carbocycles. The minimum atomic E-state index is -0.0430. The second kappa shape index (κ2) is 6.09. The SMILES string of the molecule is Cc1cc(C)cc(C(C)NC(=O)NC2CCCC2)c1. The Labute approximate surface area is 115 Å². The van der Waals surface area contributed by atoms with Crippen LogP contribution in [0.3, 0.4) is 0 Å². The topological polar surface area (TPSA) is 41.1 Å². The molecule has 2 rings (SSSR count). The standard InChI is InChI=1S/C16H24N2O/c1-11-8-12(2)10-14(9-11)13(3)17-16(19)18-15-6-4-5-7-15/h8-10,13,15H,4-7H2,1-3H3,(H2,17,18,19). The number of rotatable bonds is 3. The average Bonchev–Trinajstić information content (AvgIpc) is 2.80. The summed E-state index contributed by atoms with van der Waals surface area (Å²) in [5.74, 6) is 0. The van der Waals surface area contributed by atoms with E-state index in [9.17, 15) is 4.79 Å². The summed E-state index contributed by atoms with van der Waals surface area (Å²) in [4.78, 5) is 11.9. The van der Waals surface area contributed by atoms with Gasteiger partial charge < -0.3 is 10.6 Å². The normalized spacial score (nSPS) is 17.2. The molecule has 104 valence electrons. The Morgan fingerprint density at radius 2 is 1.74 bits per heavy atom. The van der Waals surface area contributed by atoms with Crippen molar-refractivity contribution in [3.05, 3.63) is 34.9 Å². The number of carbonyl (C=O) groups is 1. The van der Waals surface area contributed by atoms with Crippen molar-refractivity contribution < 1.29 is 4.79 Å². The van der Waals surface area contributed by atoms with E-state index in [4.69, 9.17) is 0 Å². The van der Waals surface area contributed by atoms with Gasteiger partial charge in [0.15, 0.2) is 0 Å². The van der Waals surface area contributed by atoms with Crippen LogP contribution < -0.4 is 10.6 Å². The molecular weight excluding hydrogens is 236 g/mol. The molecule has 0 spiro atoms.